The van der Waals surface area contributed by atoms with E-state index < -0.39 is 11.2 Å². The summed E-state index contributed by atoms with van der Waals surface area (Å²) in [6, 6.07) is 5.66. The van der Waals surface area contributed by atoms with Gasteiger partial charge in [0.05, 0.1) is 29.2 Å². The third kappa shape index (κ3) is 7.70. The molecule has 0 aromatic heterocycles. The summed E-state index contributed by atoms with van der Waals surface area (Å²) in [4.78, 5) is 44.7. The Morgan fingerprint density at radius 2 is 1.88 bits per heavy atom. The Bertz CT molecular complexity index is 1160. The molecule has 0 bridgehead atoms. The van der Waals surface area contributed by atoms with Gasteiger partial charge in [-0.15, -0.1) is 0 Å². The minimum Gasteiger partial charge on any atom is -0.476 e. The van der Waals surface area contributed by atoms with Crippen molar-refractivity contribution >= 4 is 29.1 Å². The molecule has 4 rings (SSSR count). The number of fused-ring (bicyclic) bond motifs is 1. The number of anilines is 2. The second-order valence-electron chi connectivity index (χ2n) is 13.8. The van der Waals surface area contributed by atoms with Crippen molar-refractivity contribution < 1.29 is 28.6 Å². The lowest BCUT2D eigenvalue weighted by atomic mass is 9.86. The molecule has 0 radical (unpaired) electrons. The Morgan fingerprint density at radius 3 is 2.51 bits per heavy atom. The van der Waals surface area contributed by atoms with Gasteiger partial charge in [0.2, 0.25) is 11.8 Å². The van der Waals surface area contributed by atoms with E-state index in [-0.39, 0.29) is 41.6 Å². The number of carbonyl (C=O) groups excluding carboxylic acids is 3. The van der Waals surface area contributed by atoms with Gasteiger partial charge in [0.25, 0.3) is 5.91 Å². The molecule has 10 nitrogen and oxygen atoms in total. The van der Waals surface area contributed by atoms with E-state index in [0.29, 0.717) is 56.4 Å². The van der Waals surface area contributed by atoms with Crippen molar-refractivity contribution in [3.63, 3.8) is 0 Å². The topological polar surface area (TPSA) is 109 Å². The van der Waals surface area contributed by atoms with Crippen LogP contribution in [0.5, 0.6) is 5.75 Å². The molecular weight excluding hydrogens is 548 g/mol. The zero-order valence-electron chi connectivity index (χ0n) is 27.3. The number of nitrogens with one attached hydrogen (secondary N) is 2. The molecule has 1 saturated heterocycles. The van der Waals surface area contributed by atoms with E-state index in [9.17, 15) is 14.4 Å². The number of ether oxygens (including phenoxy) is 3. The minimum atomic E-state index is -0.983. The summed E-state index contributed by atoms with van der Waals surface area (Å²) >= 11 is 0. The third-order valence-corrected chi connectivity index (χ3v) is 8.98. The monoisotopic (exact) mass is 600 g/mol. The molecule has 10 heteroatoms. The fourth-order valence-corrected chi connectivity index (χ4v) is 6.09. The highest BCUT2D eigenvalue weighted by Gasteiger charge is 2.44. The van der Waals surface area contributed by atoms with Crippen LogP contribution >= 0.6 is 0 Å². The molecule has 2 fully saturated rings. The molecular formula is C33H52N4O6. The molecule has 1 aromatic rings. The Morgan fingerprint density at radius 1 is 1.19 bits per heavy atom. The van der Waals surface area contributed by atoms with Crippen molar-refractivity contribution in [2.45, 2.75) is 96.9 Å². The Hall–Kier alpha value is -2.69. The number of rotatable bonds is 13. The van der Waals surface area contributed by atoms with Crippen LogP contribution < -0.4 is 25.2 Å². The Kier molecular flexibility index (Phi) is 10.4. The van der Waals surface area contributed by atoms with Crippen LogP contribution in [-0.4, -0.2) is 81.5 Å². The second-order valence-corrected chi connectivity index (χ2v) is 13.8. The summed E-state index contributed by atoms with van der Waals surface area (Å²) in [5.74, 6) is 0.212. The first-order chi connectivity index (χ1) is 20.3. The van der Waals surface area contributed by atoms with Gasteiger partial charge in [-0.25, -0.2) is 0 Å². The van der Waals surface area contributed by atoms with Crippen LogP contribution in [0.25, 0.3) is 0 Å². The highest BCUT2D eigenvalue weighted by Crippen LogP contribution is 2.43. The molecule has 3 amide bonds. The number of nitrogens with zero attached hydrogens (tertiary/aromatic N) is 2. The third-order valence-electron chi connectivity index (χ3n) is 8.98. The second kappa shape index (κ2) is 13.5. The van der Waals surface area contributed by atoms with E-state index in [1.807, 2.05) is 36.9 Å². The standard InChI is InChI=1S/C33H52N4O6/c1-21(2)16-28(32(3,4)42-8)35-29(38)22-17-23(20-34-19-22)30(39)37(24-10-11-24)25-12-13-27-26(18-25)36(14-9-15-41-7)31(40)33(5,6)43-27/h12-13,18,21-24,28,34H,9-11,14-17,19-20H2,1-8H3,(H,35,38)/t22-,23+,28+/m0/s1. The maximum absolute atomic E-state index is 14.2. The first kappa shape index (κ1) is 33.2. The average Bonchev–Trinajstić information content (AvgIpc) is 3.80. The molecule has 3 atom stereocenters. The number of piperidine rings is 1. The lowest BCUT2D eigenvalue weighted by Crippen LogP contribution is -2.55. The first-order valence-electron chi connectivity index (χ1n) is 15.8. The molecule has 1 saturated carbocycles. The maximum atomic E-state index is 14.2. The lowest BCUT2D eigenvalue weighted by molar-refractivity contribution is -0.133. The molecule has 43 heavy (non-hydrogen) atoms. The van der Waals surface area contributed by atoms with Gasteiger partial charge >= 0.3 is 0 Å². The van der Waals surface area contributed by atoms with Gasteiger partial charge in [-0.2, -0.15) is 0 Å². The smallest absolute Gasteiger partial charge is 0.270 e. The molecule has 240 valence electrons. The van der Waals surface area contributed by atoms with E-state index >= 15 is 0 Å². The molecule has 1 aliphatic carbocycles. The molecule has 2 N–H and O–H groups in total. The summed E-state index contributed by atoms with van der Waals surface area (Å²) in [7, 11) is 3.32. The number of hydrogen-bond acceptors (Lipinski definition) is 7. The van der Waals surface area contributed by atoms with E-state index in [1.54, 1.807) is 33.0 Å². The minimum absolute atomic E-state index is 0.0118. The predicted octanol–water partition coefficient (Wildman–Crippen LogP) is 3.90. The van der Waals surface area contributed by atoms with E-state index in [2.05, 4.69) is 24.5 Å². The van der Waals surface area contributed by atoms with E-state index in [4.69, 9.17) is 14.2 Å². The van der Waals surface area contributed by atoms with Gasteiger partial charge in [-0.1, -0.05) is 13.8 Å². The molecule has 1 aromatic carbocycles. The maximum Gasteiger partial charge on any atom is 0.270 e. The summed E-state index contributed by atoms with van der Waals surface area (Å²) in [5.41, 5.74) is -0.0646. The van der Waals surface area contributed by atoms with Gasteiger partial charge in [0.15, 0.2) is 5.60 Å². The van der Waals surface area contributed by atoms with E-state index in [0.717, 1.165) is 24.9 Å². The zero-order valence-corrected chi connectivity index (χ0v) is 27.3. The summed E-state index contributed by atoms with van der Waals surface area (Å²) in [5, 5.41) is 6.60. The quantitative estimate of drug-likeness (QED) is 0.331. The highest BCUT2D eigenvalue weighted by molar-refractivity contribution is 6.04. The van der Waals surface area contributed by atoms with Crippen LogP contribution in [0.15, 0.2) is 18.2 Å². The number of benzene rings is 1. The number of hydrogen-bond donors (Lipinski definition) is 2. The fraction of sp³-hybridized carbons (Fsp3) is 0.727. The molecule has 0 spiro atoms. The molecule has 2 heterocycles. The van der Waals surface area contributed by atoms with Gasteiger partial charge in [0, 0.05) is 52.2 Å². The van der Waals surface area contributed by atoms with Gasteiger partial charge < -0.3 is 34.6 Å². The number of carbonyl (C=O) groups is 3. The van der Waals surface area contributed by atoms with Gasteiger partial charge in [0.1, 0.15) is 5.75 Å². The molecule has 3 aliphatic rings. The van der Waals surface area contributed by atoms with Crippen LogP contribution in [0.1, 0.15) is 73.6 Å². The lowest BCUT2D eigenvalue weighted by Gasteiger charge is -2.40. The van der Waals surface area contributed by atoms with Crippen molar-refractivity contribution in [3.05, 3.63) is 18.2 Å². The van der Waals surface area contributed by atoms with Crippen molar-refractivity contribution in [1.29, 1.82) is 0 Å². The van der Waals surface area contributed by atoms with Gasteiger partial charge in [-0.05, 0) is 83.9 Å². The van der Waals surface area contributed by atoms with Crippen LogP contribution in [0.3, 0.4) is 0 Å². The average molecular weight is 601 g/mol. The first-order valence-corrected chi connectivity index (χ1v) is 15.8. The van der Waals surface area contributed by atoms with Gasteiger partial charge in [-0.3, -0.25) is 14.4 Å². The molecule has 0 unspecified atom stereocenters. The summed E-state index contributed by atoms with van der Waals surface area (Å²) in [6.07, 6.45) is 3.82. The Balaban J connectivity index is 1.53. The normalized spacial score (nSPS) is 22.5. The Labute approximate surface area is 257 Å². The summed E-state index contributed by atoms with van der Waals surface area (Å²) in [6.45, 7) is 13.9. The largest absolute Gasteiger partial charge is 0.476 e. The highest BCUT2D eigenvalue weighted by atomic mass is 16.5. The van der Waals surface area contributed by atoms with Crippen molar-refractivity contribution in [3.8, 4) is 5.75 Å². The van der Waals surface area contributed by atoms with Crippen LogP contribution in [0.4, 0.5) is 11.4 Å². The number of methoxy groups -OCH3 is 2. The van der Waals surface area contributed by atoms with Crippen LogP contribution in [0, 0.1) is 17.8 Å². The predicted molar refractivity (Wildman–Crippen MR) is 167 cm³/mol. The molecule has 2 aliphatic heterocycles. The van der Waals surface area contributed by atoms with Crippen LogP contribution in [0.2, 0.25) is 0 Å². The van der Waals surface area contributed by atoms with Crippen molar-refractivity contribution in [2.24, 2.45) is 17.8 Å². The van der Waals surface area contributed by atoms with Crippen molar-refractivity contribution in [1.82, 2.24) is 10.6 Å². The SMILES string of the molecule is COCCCN1C(=O)C(C)(C)Oc2ccc(N(C(=O)[C@H]3CNC[C@@H](C(=O)N[C@H](CC(C)C)C(C)(C)OC)C3)C3CC3)cc21. The van der Waals surface area contributed by atoms with Crippen molar-refractivity contribution in [2.75, 3.05) is 50.3 Å². The van der Waals surface area contributed by atoms with E-state index in [1.165, 1.54) is 0 Å². The fourth-order valence-electron chi connectivity index (χ4n) is 6.09. The van der Waals surface area contributed by atoms with Crippen LogP contribution in [-0.2, 0) is 23.9 Å². The zero-order chi connectivity index (χ0) is 31.5. The summed E-state index contributed by atoms with van der Waals surface area (Å²) < 4.78 is 17.0. The number of amides is 3.